The number of thiophene rings is 1. The van der Waals surface area contributed by atoms with Crippen LogP contribution in [0.2, 0.25) is 0 Å². The Kier molecular flexibility index (Phi) is 4.75. The molecule has 0 unspecified atom stereocenters. The van der Waals surface area contributed by atoms with Crippen LogP contribution in [0.25, 0.3) is 10.6 Å². The number of aromatic amines is 1. The van der Waals surface area contributed by atoms with Gasteiger partial charge in [0.2, 0.25) is 5.91 Å². The van der Waals surface area contributed by atoms with E-state index < -0.39 is 0 Å². The maximum absolute atomic E-state index is 12.3. The van der Waals surface area contributed by atoms with Crippen LogP contribution in [-0.2, 0) is 11.2 Å². The standard InChI is InChI=1S/C20H22N4OS/c1-14-4-6-15(7-5-14)11-20(25)21-16-8-9-24(13-16)19-12-17(22-23-19)18-3-2-10-26-18/h2-7,10,12,16H,8-9,11,13H2,1H3,(H,21,25)(H,22,23)/t16-/m1/s1. The van der Waals surface area contributed by atoms with E-state index in [-0.39, 0.29) is 11.9 Å². The number of amides is 1. The van der Waals surface area contributed by atoms with Gasteiger partial charge < -0.3 is 10.2 Å². The first-order chi connectivity index (χ1) is 12.7. The Morgan fingerprint density at radius 2 is 2.19 bits per heavy atom. The Hall–Kier alpha value is -2.60. The Balaban J connectivity index is 1.32. The summed E-state index contributed by atoms with van der Waals surface area (Å²) in [6.07, 6.45) is 1.38. The van der Waals surface area contributed by atoms with Crippen molar-refractivity contribution in [1.82, 2.24) is 15.5 Å². The van der Waals surface area contributed by atoms with E-state index in [2.05, 4.69) is 44.9 Å². The normalized spacial score (nSPS) is 16.8. The van der Waals surface area contributed by atoms with E-state index in [0.29, 0.717) is 6.42 Å². The Bertz CT molecular complexity index is 870. The highest BCUT2D eigenvalue weighted by molar-refractivity contribution is 7.13. The van der Waals surface area contributed by atoms with E-state index in [4.69, 9.17) is 0 Å². The summed E-state index contributed by atoms with van der Waals surface area (Å²) in [5.41, 5.74) is 3.30. The molecule has 1 saturated heterocycles. The molecule has 4 rings (SSSR count). The molecule has 0 saturated carbocycles. The highest BCUT2D eigenvalue weighted by Crippen LogP contribution is 2.27. The zero-order chi connectivity index (χ0) is 17.9. The molecule has 0 radical (unpaired) electrons. The quantitative estimate of drug-likeness (QED) is 0.728. The third-order valence-corrected chi connectivity index (χ3v) is 5.62. The molecule has 1 atom stereocenters. The van der Waals surface area contributed by atoms with Gasteiger partial charge in [0.25, 0.3) is 0 Å². The second-order valence-corrected chi connectivity index (χ2v) is 7.73. The zero-order valence-corrected chi connectivity index (χ0v) is 15.6. The van der Waals surface area contributed by atoms with Crippen LogP contribution in [0.5, 0.6) is 0 Å². The monoisotopic (exact) mass is 366 g/mol. The van der Waals surface area contributed by atoms with Crippen LogP contribution in [0.1, 0.15) is 17.5 Å². The molecular weight excluding hydrogens is 344 g/mol. The van der Waals surface area contributed by atoms with E-state index in [9.17, 15) is 4.79 Å². The molecule has 0 bridgehead atoms. The lowest BCUT2D eigenvalue weighted by atomic mass is 10.1. The van der Waals surface area contributed by atoms with E-state index in [1.807, 2.05) is 30.3 Å². The molecule has 0 spiro atoms. The predicted octanol–water partition coefficient (Wildman–Crippen LogP) is 3.38. The molecule has 26 heavy (non-hydrogen) atoms. The van der Waals surface area contributed by atoms with Crippen LogP contribution in [-0.4, -0.2) is 35.2 Å². The van der Waals surface area contributed by atoms with Crippen LogP contribution in [0.4, 0.5) is 5.82 Å². The molecule has 3 aromatic rings. The lowest BCUT2D eigenvalue weighted by Crippen LogP contribution is -2.38. The number of carbonyl (C=O) groups excluding carboxylic acids is 1. The fraction of sp³-hybridized carbons (Fsp3) is 0.300. The summed E-state index contributed by atoms with van der Waals surface area (Å²) in [7, 11) is 0. The minimum Gasteiger partial charge on any atom is -0.353 e. The largest absolute Gasteiger partial charge is 0.353 e. The molecular formula is C20H22N4OS. The molecule has 5 nitrogen and oxygen atoms in total. The van der Waals surface area contributed by atoms with E-state index >= 15 is 0 Å². The van der Waals surface area contributed by atoms with Gasteiger partial charge in [-0.05, 0) is 30.4 Å². The molecule has 6 heteroatoms. The van der Waals surface area contributed by atoms with Crippen molar-refractivity contribution in [3.63, 3.8) is 0 Å². The van der Waals surface area contributed by atoms with Crippen LogP contribution < -0.4 is 10.2 Å². The molecule has 1 aliphatic heterocycles. The van der Waals surface area contributed by atoms with E-state index in [1.165, 1.54) is 10.4 Å². The number of anilines is 1. The Morgan fingerprint density at radius 1 is 1.35 bits per heavy atom. The molecule has 0 aliphatic carbocycles. The SMILES string of the molecule is Cc1ccc(CC(=O)N[C@@H]2CCN(c3cc(-c4cccs4)[nH]n3)C2)cc1. The van der Waals surface area contributed by atoms with Crippen LogP contribution in [0.15, 0.2) is 47.8 Å². The van der Waals surface area contributed by atoms with Gasteiger partial charge >= 0.3 is 0 Å². The zero-order valence-electron chi connectivity index (χ0n) is 14.7. The summed E-state index contributed by atoms with van der Waals surface area (Å²) in [5.74, 6) is 1.03. The molecule has 1 fully saturated rings. The highest BCUT2D eigenvalue weighted by Gasteiger charge is 2.25. The van der Waals surface area contributed by atoms with Gasteiger partial charge in [0.1, 0.15) is 0 Å². The maximum Gasteiger partial charge on any atom is 0.224 e. The van der Waals surface area contributed by atoms with Gasteiger partial charge in [-0.1, -0.05) is 35.9 Å². The smallest absolute Gasteiger partial charge is 0.224 e. The molecule has 2 aromatic heterocycles. The van der Waals surface area contributed by atoms with Crippen molar-refractivity contribution in [3.05, 3.63) is 59.0 Å². The number of H-pyrrole nitrogens is 1. The Labute approximate surface area is 157 Å². The lowest BCUT2D eigenvalue weighted by molar-refractivity contribution is -0.121. The number of hydrogen-bond donors (Lipinski definition) is 2. The molecule has 134 valence electrons. The summed E-state index contributed by atoms with van der Waals surface area (Å²) in [4.78, 5) is 15.7. The molecule has 1 amide bonds. The second kappa shape index (κ2) is 7.33. The van der Waals surface area contributed by atoms with Crippen molar-refractivity contribution >= 4 is 23.1 Å². The number of rotatable bonds is 5. The fourth-order valence-electron chi connectivity index (χ4n) is 3.29. The molecule has 2 N–H and O–H groups in total. The van der Waals surface area contributed by atoms with Gasteiger partial charge in [0.15, 0.2) is 5.82 Å². The maximum atomic E-state index is 12.3. The summed E-state index contributed by atoms with van der Waals surface area (Å²) in [6, 6.07) is 14.5. The third-order valence-electron chi connectivity index (χ3n) is 4.71. The first-order valence-electron chi connectivity index (χ1n) is 8.86. The Morgan fingerprint density at radius 3 is 2.96 bits per heavy atom. The summed E-state index contributed by atoms with van der Waals surface area (Å²) in [5, 5.41) is 12.8. The van der Waals surface area contributed by atoms with Gasteiger partial charge in [0, 0.05) is 25.2 Å². The summed E-state index contributed by atoms with van der Waals surface area (Å²) < 4.78 is 0. The number of nitrogens with zero attached hydrogens (tertiary/aromatic N) is 2. The lowest BCUT2D eigenvalue weighted by Gasteiger charge is -2.16. The van der Waals surface area contributed by atoms with Crippen molar-refractivity contribution in [3.8, 4) is 10.6 Å². The minimum atomic E-state index is 0.0852. The third kappa shape index (κ3) is 3.80. The number of carbonyl (C=O) groups is 1. The number of aromatic nitrogens is 2. The van der Waals surface area contributed by atoms with Crippen LogP contribution in [0, 0.1) is 6.92 Å². The van der Waals surface area contributed by atoms with Gasteiger partial charge in [0.05, 0.1) is 17.0 Å². The predicted molar refractivity (Wildman–Crippen MR) is 106 cm³/mol. The number of benzene rings is 1. The van der Waals surface area contributed by atoms with Gasteiger partial charge in [-0.25, -0.2) is 0 Å². The molecule has 3 heterocycles. The van der Waals surface area contributed by atoms with Crippen LogP contribution in [0.3, 0.4) is 0 Å². The number of hydrogen-bond acceptors (Lipinski definition) is 4. The van der Waals surface area contributed by atoms with Crippen molar-refractivity contribution in [1.29, 1.82) is 0 Å². The summed E-state index contributed by atoms with van der Waals surface area (Å²) >= 11 is 1.70. The second-order valence-electron chi connectivity index (χ2n) is 6.78. The average molecular weight is 366 g/mol. The van der Waals surface area contributed by atoms with E-state index in [0.717, 1.165) is 36.6 Å². The van der Waals surface area contributed by atoms with Crippen molar-refractivity contribution in [2.75, 3.05) is 18.0 Å². The number of aryl methyl sites for hydroxylation is 1. The van der Waals surface area contributed by atoms with Crippen LogP contribution >= 0.6 is 11.3 Å². The van der Waals surface area contributed by atoms with E-state index in [1.54, 1.807) is 11.3 Å². The molecule has 1 aromatic carbocycles. The fourth-order valence-corrected chi connectivity index (χ4v) is 3.98. The summed E-state index contributed by atoms with van der Waals surface area (Å²) in [6.45, 7) is 3.76. The van der Waals surface area contributed by atoms with Crippen molar-refractivity contribution in [2.24, 2.45) is 0 Å². The van der Waals surface area contributed by atoms with Crippen molar-refractivity contribution < 1.29 is 4.79 Å². The minimum absolute atomic E-state index is 0.0852. The average Bonchev–Trinajstić information content (AvgIpc) is 3.37. The molecule has 1 aliphatic rings. The highest BCUT2D eigenvalue weighted by atomic mass is 32.1. The van der Waals surface area contributed by atoms with Gasteiger partial charge in [-0.3, -0.25) is 9.89 Å². The topological polar surface area (TPSA) is 61.0 Å². The first-order valence-corrected chi connectivity index (χ1v) is 9.74. The first kappa shape index (κ1) is 16.8. The van der Waals surface area contributed by atoms with Gasteiger partial charge in [-0.2, -0.15) is 5.10 Å². The van der Waals surface area contributed by atoms with Gasteiger partial charge in [-0.15, -0.1) is 11.3 Å². The van der Waals surface area contributed by atoms with Crippen molar-refractivity contribution in [2.45, 2.75) is 25.8 Å². The number of nitrogens with one attached hydrogen (secondary N) is 2.